The quantitative estimate of drug-likeness (QED) is 0.911. The van der Waals surface area contributed by atoms with E-state index in [0.29, 0.717) is 5.02 Å². The maximum absolute atomic E-state index is 10.7. The summed E-state index contributed by atoms with van der Waals surface area (Å²) in [5, 5.41) is 9.52. The van der Waals surface area contributed by atoms with E-state index >= 15 is 0 Å². The molecule has 2 aliphatic rings. The molecule has 0 saturated carbocycles. The number of rotatable bonds is 2. The molecule has 1 aromatic rings. The van der Waals surface area contributed by atoms with E-state index in [2.05, 4.69) is 12.2 Å². The number of hydrogen-bond donors (Lipinski definition) is 1. The first-order chi connectivity index (χ1) is 9.56. The lowest BCUT2D eigenvalue weighted by atomic mass is 9.88. The van der Waals surface area contributed by atoms with Gasteiger partial charge in [0.25, 0.3) is 0 Å². The van der Waals surface area contributed by atoms with Crippen LogP contribution in [-0.2, 0) is 4.79 Å². The summed E-state index contributed by atoms with van der Waals surface area (Å²) in [5.41, 5.74) is 0.701. The van der Waals surface area contributed by atoms with E-state index in [4.69, 9.17) is 21.4 Å². The molecule has 2 aliphatic heterocycles. The Morgan fingerprint density at radius 1 is 1.40 bits per heavy atom. The monoisotopic (exact) mass is 293 g/mol. The van der Waals surface area contributed by atoms with Gasteiger partial charge in [-0.3, -0.25) is 9.69 Å². The second-order valence-corrected chi connectivity index (χ2v) is 5.79. The number of nitrogens with zero attached hydrogens (tertiary/aromatic N) is 1. The van der Waals surface area contributed by atoms with Crippen LogP contribution in [0.4, 0.5) is 0 Å². The molecule has 1 N–H and O–H groups in total. The zero-order valence-corrected chi connectivity index (χ0v) is 11.8. The fraction of sp³-hybridized carbons (Fsp3) is 0.400. The molecule has 0 bridgehead atoms. The van der Waals surface area contributed by atoms with Gasteiger partial charge in [-0.15, -0.1) is 0 Å². The number of fused-ring (bicyclic) bond motifs is 1. The number of ether oxygens (including phenoxy) is 1. The highest BCUT2D eigenvalue weighted by Crippen LogP contribution is 2.37. The van der Waals surface area contributed by atoms with E-state index in [1.165, 1.54) is 0 Å². The predicted molar refractivity (Wildman–Crippen MR) is 77.2 cm³/mol. The van der Waals surface area contributed by atoms with E-state index in [-0.39, 0.29) is 12.1 Å². The predicted octanol–water partition coefficient (Wildman–Crippen LogP) is 2.66. The molecular weight excluding hydrogens is 278 g/mol. The molecule has 0 aromatic heterocycles. The van der Waals surface area contributed by atoms with Crippen molar-refractivity contribution in [3.8, 4) is 5.75 Å². The molecule has 1 saturated heterocycles. The largest absolute Gasteiger partial charge is 0.482 e. The van der Waals surface area contributed by atoms with Crippen LogP contribution in [0.3, 0.4) is 0 Å². The first kappa shape index (κ1) is 13.5. The Balaban J connectivity index is 1.72. The number of aliphatic carboxylic acids is 1. The summed E-state index contributed by atoms with van der Waals surface area (Å²) < 4.78 is 6.15. The summed E-state index contributed by atoms with van der Waals surface area (Å²) in [7, 11) is 0. The van der Waals surface area contributed by atoms with E-state index in [1.807, 2.05) is 23.1 Å². The maximum atomic E-state index is 10.7. The highest BCUT2D eigenvalue weighted by molar-refractivity contribution is 6.30. The van der Waals surface area contributed by atoms with Gasteiger partial charge in [-0.05, 0) is 24.3 Å². The lowest BCUT2D eigenvalue weighted by Crippen LogP contribution is -2.48. The number of benzene rings is 1. The minimum atomic E-state index is -0.777. The van der Waals surface area contributed by atoms with Crippen LogP contribution in [0, 0.1) is 0 Å². The van der Waals surface area contributed by atoms with Crippen molar-refractivity contribution < 1.29 is 14.6 Å². The average Bonchev–Trinajstić information content (AvgIpc) is 2.42. The Morgan fingerprint density at radius 2 is 2.15 bits per heavy atom. The van der Waals surface area contributed by atoms with Crippen molar-refractivity contribution in [3.63, 3.8) is 0 Å². The number of carboxylic acids is 1. The van der Waals surface area contributed by atoms with Crippen molar-refractivity contribution in [2.75, 3.05) is 19.6 Å². The van der Waals surface area contributed by atoms with Crippen molar-refractivity contribution in [2.24, 2.45) is 0 Å². The first-order valence-electron chi connectivity index (χ1n) is 6.68. The van der Waals surface area contributed by atoms with Gasteiger partial charge in [0.2, 0.25) is 0 Å². The van der Waals surface area contributed by atoms with E-state index in [0.717, 1.165) is 37.2 Å². The van der Waals surface area contributed by atoms with E-state index in [1.54, 1.807) is 0 Å². The third kappa shape index (κ3) is 2.67. The number of piperidine rings is 1. The van der Waals surface area contributed by atoms with E-state index in [9.17, 15) is 4.79 Å². The molecular formula is C15H16ClNO3. The van der Waals surface area contributed by atoms with Crippen LogP contribution in [0.1, 0.15) is 18.4 Å². The van der Waals surface area contributed by atoms with Crippen molar-refractivity contribution >= 4 is 23.6 Å². The SMILES string of the molecule is O=C(O)CN1CCC2(C=Cc3cc(Cl)ccc3O2)CC1. The molecule has 0 unspecified atom stereocenters. The average molecular weight is 294 g/mol. The Hall–Kier alpha value is -1.52. The van der Waals surface area contributed by atoms with Gasteiger partial charge in [0.1, 0.15) is 11.4 Å². The molecule has 0 atom stereocenters. The van der Waals surface area contributed by atoms with Crippen LogP contribution in [0.15, 0.2) is 24.3 Å². The first-order valence-corrected chi connectivity index (χ1v) is 7.06. The summed E-state index contributed by atoms with van der Waals surface area (Å²) in [6, 6.07) is 5.61. The zero-order valence-electron chi connectivity index (χ0n) is 11.0. The summed E-state index contributed by atoms with van der Waals surface area (Å²) >= 11 is 5.97. The number of likely N-dealkylation sites (tertiary alicyclic amines) is 1. The van der Waals surface area contributed by atoms with Gasteiger partial charge in [0.15, 0.2) is 0 Å². The molecule has 0 amide bonds. The second-order valence-electron chi connectivity index (χ2n) is 5.35. The van der Waals surface area contributed by atoms with Gasteiger partial charge in [-0.1, -0.05) is 17.7 Å². The topological polar surface area (TPSA) is 49.8 Å². The van der Waals surface area contributed by atoms with Gasteiger partial charge >= 0.3 is 5.97 Å². The molecule has 1 spiro atoms. The Labute approximate surface area is 122 Å². The lowest BCUT2D eigenvalue weighted by molar-refractivity contribution is -0.139. The number of hydrogen-bond acceptors (Lipinski definition) is 3. The number of carboxylic acid groups (broad SMARTS) is 1. The minimum Gasteiger partial charge on any atom is -0.482 e. The van der Waals surface area contributed by atoms with Gasteiger partial charge < -0.3 is 9.84 Å². The van der Waals surface area contributed by atoms with Crippen LogP contribution in [0.25, 0.3) is 6.08 Å². The third-order valence-corrected chi connectivity index (χ3v) is 4.15. The highest BCUT2D eigenvalue weighted by atomic mass is 35.5. The molecule has 3 rings (SSSR count). The third-order valence-electron chi connectivity index (χ3n) is 3.91. The normalized spacial score (nSPS) is 20.4. The van der Waals surface area contributed by atoms with Crippen molar-refractivity contribution in [3.05, 3.63) is 34.9 Å². The van der Waals surface area contributed by atoms with Crippen molar-refractivity contribution in [1.82, 2.24) is 4.90 Å². The Morgan fingerprint density at radius 3 is 2.85 bits per heavy atom. The number of carbonyl (C=O) groups is 1. The molecule has 1 fully saturated rings. The number of halogens is 1. The van der Waals surface area contributed by atoms with Crippen LogP contribution in [-0.4, -0.2) is 41.2 Å². The standard InChI is InChI=1S/C15H16ClNO3/c16-12-1-2-13-11(9-12)3-4-15(20-13)5-7-17(8-6-15)10-14(18)19/h1-4,9H,5-8,10H2,(H,18,19). The maximum Gasteiger partial charge on any atom is 0.317 e. The van der Waals surface area contributed by atoms with Crippen LogP contribution >= 0.6 is 11.6 Å². The van der Waals surface area contributed by atoms with Crippen LogP contribution in [0.5, 0.6) is 5.75 Å². The van der Waals surface area contributed by atoms with E-state index < -0.39 is 5.97 Å². The van der Waals surface area contributed by atoms with Gasteiger partial charge in [0, 0.05) is 36.5 Å². The summed E-state index contributed by atoms with van der Waals surface area (Å²) in [5.74, 6) is 0.0737. The van der Waals surface area contributed by atoms with Crippen molar-refractivity contribution in [2.45, 2.75) is 18.4 Å². The molecule has 106 valence electrons. The second kappa shape index (κ2) is 5.11. The summed E-state index contributed by atoms with van der Waals surface area (Å²) in [6.45, 7) is 1.57. The Bertz CT molecular complexity index is 562. The Kier molecular flexibility index (Phi) is 3.44. The molecule has 5 heteroatoms. The van der Waals surface area contributed by atoms with Crippen LogP contribution in [0.2, 0.25) is 5.02 Å². The lowest BCUT2D eigenvalue weighted by Gasteiger charge is -2.41. The zero-order chi connectivity index (χ0) is 14.2. The van der Waals surface area contributed by atoms with Gasteiger partial charge in [-0.2, -0.15) is 0 Å². The summed E-state index contributed by atoms with van der Waals surface area (Å²) in [6.07, 6.45) is 5.75. The molecule has 4 nitrogen and oxygen atoms in total. The van der Waals surface area contributed by atoms with Gasteiger partial charge in [-0.25, -0.2) is 0 Å². The molecule has 2 heterocycles. The highest BCUT2D eigenvalue weighted by Gasteiger charge is 2.36. The van der Waals surface area contributed by atoms with Gasteiger partial charge in [0.05, 0.1) is 6.54 Å². The molecule has 1 aromatic carbocycles. The van der Waals surface area contributed by atoms with Crippen LogP contribution < -0.4 is 4.74 Å². The fourth-order valence-corrected chi connectivity index (χ4v) is 2.97. The molecule has 0 radical (unpaired) electrons. The molecule has 0 aliphatic carbocycles. The molecule has 20 heavy (non-hydrogen) atoms. The smallest absolute Gasteiger partial charge is 0.317 e. The fourth-order valence-electron chi connectivity index (χ4n) is 2.79. The van der Waals surface area contributed by atoms with Crippen molar-refractivity contribution in [1.29, 1.82) is 0 Å². The minimum absolute atomic E-state index is 0.103. The summed E-state index contributed by atoms with van der Waals surface area (Å²) in [4.78, 5) is 12.7.